The largest absolute Gasteiger partial charge is 0.416 e. The normalized spacial score (nSPS) is 15.2. The van der Waals surface area contributed by atoms with Gasteiger partial charge >= 0.3 is 6.18 Å². The Bertz CT molecular complexity index is 696. The number of rotatable bonds is 2. The zero-order chi connectivity index (χ0) is 14.3. The number of halogens is 3. The van der Waals surface area contributed by atoms with E-state index in [1.807, 2.05) is 0 Å². The van der Waals surface area contributed by atoms with E-state index >= 15 is 0 Å². The lowest BCUT2D eigenvalue weighted by molar-refractivity contribution is -0.137. The summed E-state index contributed by atoms with van der Waals surface area (Å²) < 4.78 is 58.7. The average Bonchev–Trinajstić information content (AvgIpc) is 2.79. The van der Waals surface area contributed by atoms with Crippen LogP contribution in [0, 0.1) is 0 Å². The molecule has 1 atom stereocenters. The van der Waals surface area contributed by atoms with Crippen molar-refractivity contribution in [1.29, 1.82) is 0 Å². The van der Waals surface area contributed by atoms with Crippen LogP contribution in [0.4, 0.5) is 13.2 Å². The van der Waals surface area contributed by atoms with Gasteiger partial charge in [0.05, 0.1) is 10.5 Å². The fourth-order valence-electron chi connectivity index (χ4n) is 1.39. The summed E-state index contributed by atoms with van der Waals surface area (Å²) in [6.45, 7) is 0. The van der Waals surface area contributed by atoms with E-state index in [-0.39, 0.29) is 11.4 Å². The first-order chi connectivity index (χ1) is 8.68. The molecule has 0 spiro atoms. The smallest absolute Gasteiger partial charge is 0.302 e. The molecule has 1 heterocycles. The summed E-state index contributed by atoms with van der Waals surface area (Å²) in [4.78, 5) is 3.19. The Morgan fingerprint density at radius 2 is 2.00 bits per heavy atom. The summed E-state index contributed by atoms with van der Waals surface area (Å²) in [6, 6.07) is 2.42. The number of hydrogen-bond acceptors (Lipinski definition) is 4. The molecule has 0 aliphatic rings. The number of benzene rings is 1. The van der Waals surface area contributed by atoms with Gasteiger partial charge in [-0.2, -0.15) is 18.3 Å². The van der Waals surface area contributed by atoms with Crippen LogP contribution < -0.4 is 0 Å². The summed E-state index contributed by atoms with van der Waals surface area (Å²) in [5.41, 5.74) is -1.10. The third kappa shape index (κ3) is 3.08. The predicted molar refractivity (Wildman–Crippen MR) is 63.2 cm³/mol. The quantitative estimate of drug-likeness (QED) is 0.888. The van der Waals surface area contributed by atoms with Crippen molar-refractivity contribution < 1.29 is 21.9 Å². The summed E-state index contributed by atoms with van der Waals surface area (Å²) >= 11 is 4.29. The molecule has 5 nitrogen and oxygen atoms in total. The molecule has 10 heteroatoms. The maximum Gasteiger partial charge on any atom is 0.416 e. The second-order valence-electron chi connectivity index (χ2n) is 3.55. The van der Waals surface area contributed by atoms with E-state index in [1.54, 1.807) is 0 Å². The third-order valence-corrected chi connectivity index (χ3v) is 3.63. The van der Waals surface area contributed by atoms with E-state index in [1.165, 1.54) is 0 Å². The molecular weight excluding hydrogens is 303 g/mol. The van der Waals surface area contributed by atoms with Crippen molar-refractivity contribution in [3.05, 3.63) is 30.1 Å². The lowest BCUT2D eigenvalue weighted by atomic mass is 10.1. The number of nitrogens with zero attached hydrogens (tertiary/aromatic N) is 2. The SMILES string of the molecule is O=S(O)(=S)c1cc(-c2ncn[nH]2)cc(C(F)(F)F)c1. The van der Waals surface area contributed by atoms with Gasteiger partial charge < -0.3 is 4.55 Å². The Morgan fingerprint density at radius 3 is 2.47 bits per heavy atom. The monoisotopic (exact) mass is 309 g/mol. The summed E-state index contributed by atoms with van der Waals surface area (Å²) in [5, 5.41) is 5.88. The minimum absolute atomic E-state index is 0.0195. The highest BCUT2D eigenvalue weighted by Gasteiger charge is 2.32. The Balaban J connectivity index is 2.69. The van der Waals surface area contributed by atoms with Crippen LogP contribution in [0.25, 0.3) is 11.4 Å². The van der Waals surface area contributed by atoms with Crippen LogP contribution in [0.15, 0.2) is 29.4 Å². The van der Waals surface area contributed by atoms with Crippen LogP contribution in [0.1, 0.15) is 5.56 Å². The molecule has 0 radical (unpaired) electrons. The van der Waals surface area contributed by atoms with Crippen molar-refractivity contribution >= 4 is 20.0 Å². The molecule has 1 aromatic carbocycles. The summed E-state index contributed by atoms with van der Waals surface area (Å²) in [5.74, 6) is 0.0472. The van der Waals surface area contributed by atoms with Gasteiger partial charge in [0, 0.05) is 16.8 Å². The van der Waals surface area contributed by atoms with E-state index in [9.17, 15) is 21.9 Å². The van der Waals surface area contributed by atoms with E-state index in [2.05, 4.69) is 26.4 Å². The molecule has 0 fully saturated rings. The van der Waals surface area contributed by atoms with Gasteiger partial charge in [0.2, 0.25) is 0 Å². The Hall–Kier alpha value is -1.52. The number of hydrogen-bond donors (Lipinski definition) is 2. The third-order valence-electron chi connectivity index (χ3n) is 2.22. The summed E-state index contributed by atoms with van der Waals surface area (Å²) in [6.07, 6.45) is -3.55. The number of aromatic nitrogens is 3. The van der Waals surface area contributed by atoms with E-state index in [0.717, 1.165) is 18.5 Å². The maximum absolute atomic E-state index is 12.7. The van der Waals surface area contributed by atoms with Gasteiger partial charge in [-0.15, -0.1) is 0 Å². The molecule has 2 N–H and O–H groups in total. The molecule has 2 rings (SSSR count). The number of H-pyrrole nitrogens is 1. The number of aromatic amines is 1. The molecule has 0 amide bonds. The molecule has 102 valence electrons. The zero-order valence-corrected chi connectivity index (χ0v) is 10.6. The minimum Gasteiger partial charge on any atom is -0.302 e. The second-order valence-corrected chi connectivity index (χ2v) is 6.33. The van der Waals surface area contributed by atoms with Crippen LogP contribution in [0.5, 0.6) is 0 Å². The number of alkyl halides is 3. The van der Waals surface area contributed by atoms with Gasteiger partial charge in [-0.3, -0.25) is 5.10 Å². The van der Waals surface area contributed by atoms with Gasteiger partial charge in [0.1, 0.15) is 6.33 Å². The average molecular weight is 309 g/mol. The topological polar surface area (TPSA) is 78.9 Å². The van der Waals surface area contributed by atoms with E-state index in [4.69, 9.17) is 0 Å². The van der Waals surface area contributed by atoms with Crippen LogP contribution in [0.2, 0.25) is 0 Å². The number of nitrogens with one attached hydrogen (secondary N) is 1. The molecule has 0 aliphatic heterocycles. The van der Waals surface area contributed by atoms with Crippen LogP contribution in [-0.2, 0) is 26.1 Å². The minimum atomic E-state index is -4.66. The molecule has 2 aromatic rings. The van der Waals surface area contributed by atoms with Gasteiger partial charge in [-0.1, -0.05) is 0 Å². The Kier molecular flexibility index (Phi) is 3.32. The second kappa shape index (κ2) is 4.54. The Morgan fingerprint density at radius 1 is 1.32 bits per heavy atom. The first-order valence-electron chi connectivity index (χ1n) is 4.73. The maximum atomic E-state index is 12.7. The molecule has 1 unspecified atom stereocenters. The van der Waals surface area contributed by atoms with Crippen molar-refractivity contribution in [1.82, 2.24) is 15.2 Å². The van der Waals surface area contributed by atoms with Crippen molar-refractivity contribution in [3.8, 4) is 11.4 Å². The zero-order valence-electron chi connectivity index (χ0n) is 9.01. The molecule has 0 bridgehead atoms. The van der Waals surface area contributed by atoms with Gasteiger partial charge in [0.15, 0.2) is 14.6 Å². The molecular formula is C9H6F3N3O2S2. The van der Waals surface area contributed by atoms with Gasteiger partial charge in [-0.25, -0.2) is 9.19 Å². The van der Waals surface area contributed by atoms with Crippen molar-refractivity contribution in [3.63, 3.8) is 0 Å². The Labute approximate surface area is 110 Å². The lowest BCUT2D eigenvalue weighted by Gasteiger charge is -2.10. The fraction of sp³-hybridized carbons (Fsp3) is 0.111. The summed E-state index contributed by atoms with van der Waals surface area (Å²) in [7, 11) is -3.93. The van der Waals surface area contributed by atoms with Crippen molar-refractivity contribution in [2.75, 3.05) is 0 Å². The fourth-order valence-corrected chi connectivity index (χ4v) is 2.23. The molecule has 0 aliphatic carbocycles. The molecule has 19 heavy (non-hydrogen) atoms. The first-order valence-corrected chi connectivity index (χ1v) is 7.17. The molecule has 0 saturated heterocycles. The van der Waals surface area contributed by atoms with Crippen LogP contribution in [0.3, 0.4) is 0 Å². The predicted octanol–water partition coefficient (Wildman–Crippen LogP) is 2.07. The van der Waals surface area contributed by atoms with E-state index < -0.39 is 25.4 Å². The highest BCUT2D eigenvalue weighted by atomic mass is 32.8. The standard InChI is InChI=1S/C9H6F3N3O2S2/c10-9(11,12)6-1-5(8-13-4-14-15-8)2-7(3-6)19(16,17)18/h1-4H,(H,13,14,15)(H,16,17,18). The molecule has 1 aromatic heterocycles. The van der Waals surface area contributed by atoms with Crippen LogP contribution >= 0.6 is 0 Å². The van der Waals surface area contributed by atoms with Gasteiger partial charge in [-0.05, 0) is 18.2 Å². The molecule has 0 saturated carbocycles. The van der Waals surface area contributed by atoms with E-state index in [0.29, 0.717) is 6.07 Å². The lowest BCUT2D eigenvalue weighted by Crippen LogP contribution is -2.08. The van der Waals surface area contributed by atoms with Crippen LogP contribution in [-0.4, -0.2) is 23.9 Å². The highest BCUT2D eigenvalue weighted by molar-refractivity contribution is 8.29. The van der Waals surface area contributed by atoms with Crippen molar-refractivity contribution in [2.24, 2.45) is 0 Å². The highest BCUT2D eigenvalue weighted by Crippen LogP contribution is 2.33. The van der Waals surface area contributed by atoms with Crippen molar-refractivity contribution in [2.45, 2.75) is 11.1 Å². The van der Waals surface area contributed by atoms with Gasteiger partial charge in [0.25, 0.3) is 0 Å². The first kappa shape index (κ1) is 13.9.